The van der Waals surface area contributed by atoms with Gasteiger partial charge in [-0.1, -0.05) is 29.3 Å². The summed E-state index contributed by atoms with van der Waals surface area (Å²) in [5, 5.41) is 6.42. The molecule has 2 N–H and O–H groups in total. The largest absolute Gasteiger partial charge is 0.323 e. The molecule has 0 aliphatic heterocycles. The third kappa shape index (κ3) is 4.66. The van der Waals surface area contributed by atoms with Crippen LogP contribution in [0.15, 0.2) is 36.4 Å². The molecule has 1 amide bonds. The van der Waals surface area contributed by atoms with Crippen LogP contribution in [0.2, 0.25) is 10.0 Å². The van der Waals surface area contributed by atoms with Crippen molar-refractivity contribution in [2.75, 3.05) is 5.32 Å². The van der Waals surface area contributed by atoms with Crippen molar-refractivity contribution in [3.63, 3.8) is 0 Å². The fourth-order valence-electron chi connectivity index (χ4n) is 2.22. The highest BCUT2D eigenvalue weighted by atomic mass is 35.5. The Labute approximate surface area is 149 Å². The Balaban J connectivity index is 2.02. The van der Waals surface area contributed by atoms with Crippen LogP contribution >= 0.6 is 23.2 Å². The molecule has 128 valence electrons. The summed E-state index contributed by atoms with van der Waals surface area (Å²) in [5.74, 6) is -1.65. The van der Waals surface area contributed by atoms with Crippen LogP contribution in [0.5, 0.6) is 0 Å². The van der Waals surface area contributed by atoms with Crippen molar-refractivity contribution >= 4 is 34.8 Å². The highest BCUT2D eigenvalue weighted by molar-refractivity contribution is 6.36. The van der Waals surface area contributed by atoms with Gasteiger partial charge < -0.3 is 5.32 Å². The lowest BCUT2D eigenvalue weighted by atomic mass is 10.1. The molecule has 0 radical (unpaired) electrons. The van der Waals surface area contributed by atoms with E-state index < -0.39 is 23.7 Å². The molecule has 0 spiro atoms. The minimum absolute atomic E-state index is 0.278. The number of anilines is 1. The first-order valence-electron chi connectivity index (χ1n) is 7.25. The summed E-state index contributed by atoms with van der Waals surface area (Å²) in [7, 11) is 0. The lowest BCUT2D eigenvalue weighted by Crippen LogP contribution is -2.39. The van der Waals surface area contributed by atoms with E-state index in [1.54, 1.807) is 26.0 Å². The molecule has 2 rings (SSSR count). The number of hydrogen-bond acceptors (Lipinski definition) is 2. The van der Waals surface area contributed by atoms with E-state index in [1.165, 1.54) is 18.2 Å². The predicted molar refractivity (Wildman–Crippen MR) is 92.5 cm³/mol. The number of amides is 1. The third-order valence-corrected chi connectivity index (χ3v) is 4.06. The summed E-state index contributed by atoms with van der Waals surface area (Å²) in [5.41, 5.74) is 0.709. The van der Waals surface area contributed by atoms with Gasteiger partial charge in [0.05, 0.1) is 16.8 Å². The van der Waals surface area contributed by atoms with Gasteiger partial charge >= 0.3 is 0 Å². The molecular formula is C17H16Cl2F2N2O. The summed E-state index contributed by atoms with van der Waals surface area (Å²) in [6.07, 6.45) is 0. The SMILES string of the molecule is C[C@H](N[C@H](C)c1ccc(F)cc1F)C(=O)Nc1ccc(Cl)cc1Cl. The molecule has 7 heteroatoms. The zero-order valence-electron chi connectivity index (χ0n) is 13.0. The quantitative estimate of drug-likeness (QED) is 0.779. The number of carbonyl (C=O) groups excluding carboxylic acids is 1. The van der Waals surface area contributed by atoms with E-state index in [2.05, 4.69) is 10.6 Å². The summed E-state index contributed by atoms with van der Waals surface area (Å²) in [6, 6.07) is 6.95. The van der Waals surface area contributed by atoms with Crippen molar-refractivity contribution in [3.05, 3.63) is 63.6 Å². The molecular weight excluding hydrogens is 357 g/mol. The molecule has 0 fully saturated rings. The zero-order chi connectivity index (χ0) is 17.9. The molecule has 0 saturated carbocycles. The molecule has 0 bridgehead atoms. The number of nitrogens with one attached hydrogen (secondary N) is 2. The van der Waals surface area contributed by atoms with Gasteiger partial charge in [-0.05, 0) is 38.1 Å². The second-order valence-corrected chi connectivity index (χ2v) is 6.23. The number of benzene rings is 2. The van der Waals surface area contributed by atoms with Crippen LogP contribution in [0.25, 0.3) is 0 Å². The normalized spacial score (nSPS) is 13.4. The maximum Gasteiger partial charge on any atom is 0.241 e. The second kappa shape index (κ2) is 7.92. The molecule has 3 nitrogen and oxygen atoms in total. The molecule has 0 unspecified atom stereocenters. The van der Waals surface area contributed by atoms with E-state index in [-0.39, 0.29) is 11.5 Å². The van der Waals surface area contributed by atoms with E-state index in [9.17, 15) is 13.6 Å². The van der Waals surface area contributed by atoms with Crippen LogP contribution in [0.4, 0.5) is 14.5 Å². The molecule has 0 heterocycles. The van der Waals surface area contributed by atoms with E-state index in [1.807, 2.05) is 0 Å². The summed E-state index contributed by atoms with van der Waals surface area (Å²) in [6.45, 7) is 3.33. The lowest BCUT2D eigenvalue weighted by molar-refractivity contribution is -0.117. The lowest BCUT2D eigenvalue weighted by Gasteiger charge is -2.20. The fourth-order valence-corrected chi connectivity index (χ4v) is 2.68. The highest BCUT2D eigenvalue weighted by Gasteiger charge is 2.19. The smallest absolute Gasteiger partial charge is 0.241 e. The van der Waals surface area contributed by atoms with Gasteiger partial charge in [-0.15, -0.1) is 0 Å². The summed E-state index contributed by atoms with van der Waals surface area (Å²) >= 11 is 11.8. The summed E-state index contributed by atoms with van der Waals surface area (Å²) in [4.78, 5) is 12.2. The number of carbonyl (C=O) groups is 1. The maximum atomic E-state index is 13.8. The molecule has 0 saturated heterocycles. The van der Waals surface area contributed by atoms with E-state index in [4.69, 9.17) is 23.2 Å². The van der Waals surface area contributed by atoms with Crippen LogP contribution < -0.4 is 10.6 Å². The zero-order valence-corrected chi connectivity index (χ0v) is 14.6. The van der Waals surface area contributed by atoms with Crippen LogP contribution in [0.1, 0.15) is 25.5 Å². The van der Waals surface area contributed by atoms with Crippen LogP contribution in [-0.2, 0) is 4.79 Å². The first kappa shape index (κ1) is 18.6. The Morgan fingerprint density at radius 1 is 1.08 bits per heavy atom. The number of halogens is 4. The molecule has 24 heavy (non-hydrogen) atoms. The van der Waals surface area contributed by atoms with Crippen molar-refractivity contribution in [1.82, 2.24) is 5.32 Å². The van der Waals surface area contributed by atoms with Crippen molar-refractivity contribution < 1.29 is 13.6 Å². The number of hydrogen-bond donors (Lipinski definition) is 2. The van der Waals surface area contributed by atoms with Crippen molar-refractivity contribution in [2.24, 2.45) is 0 Å². The first-order chi connectivity index (χ1) is 11.3. The molecule has 0 aromatic heterocycles. The Morgan fingerprint density at radius 3 is 2.42 bits per heavy atom. The number of rotatable bonds is 5. The van der Waals surface area contributed by atoms with E-state index >= 15 is 0 Å². The van der Waals surface area contributed by atoms with E-state index in [0.717, 1.165) is 6.07 Å². The standard InChI is InChI=1S/C17H16Cl2F2N2O/c1-9(13-5-4-12(20)8-15(13)21)22-10(2)17(24)23-16-6-3-11(18)7-14(16)19/h3-10,22H,1-2H3,(H,23,24)/t9-,10+/m1/s1. The Hall–Kier alpha value is -1.69. The minimum Gasteiger partial charge on any atom is -0.323 e. The maximum absolute atomic E-state index is 13.8. The fraction of sp³-hybridized carbons (Fsp3) is 0.235. The van der Waals surface area contributed by atoms with Crippen LogP contribution in [-0.4, -0.2) is 11.9 Å². The average molecular weight is 373 g/mol. The monoisotopic (exact) mass is 372 g/mol. The molecule has 0 aliphatic carbocycles. The van der Waals surface area contributed by atoms with Gasteiger partial charge in [0.15, 0.2) is 0 Å². The minimum atomic E-state index is -0.664. The van der Waals surface area contributed by atoms with Crippen molar-refractivity contribution in [1.29, 1.82) is 0 Å². The van der Waals surface area contributed by atoms with Crippen LogP contribution in [0, 0.1) is 11.6 Å². The van der Waals surface area contributed by atoms with Gasteiger partial charge in [-0.2, -0.15) is 0 Å². The van der Waals surface area contributed by atoms with Gasteiger partial charge in [-0.3, -0.25) is 10.1 Å². The Kier molecular flexibility index (Phi) is 6.15. The second-order valence-electron chi connectivity index (χ2n) is 5.39. The molecule has 2 aromatic carbocycles. The van der Waals surface area contributed by atoms with E-state index in [0.29, 0.717) is 15.7 Å². The third-order valence-electron chi connectivity index (χ3n) is 3.51. The average Bonchev–Trinajstić information content (AvgIpc) is 2.49. The van der Waals surface area contributed by atoms with Crippen LogP contribution in [0.3, 0.4) is 0 Å². The Morgan fingerprint density at radius 2 is 1.79 bits per heavy atom. The van der Waals surface area contributed by atoms with Gasteiger partial charge in [-0.25, -0.2) is 8.78 Å². The van der Waals surface area contributed by atoms with Crippen molar-refractivity contribution in [2.45, 2.75) is 25.9 Å². The topological polar surface area (TPSA) is 41.1 Å². The van der Waals surface area contributed by atoms with Gasteiger partial charge in [0, 0.05) is 22.7 Å². The molecule has 0 aliphatic rings. The van der Waals surface area contributed by atoms with Gasteiger partial charge in [0.2, 0.25) is 5.91 Å². The van der Waals surface area contributed by atoms with Gasteiger partial charge in [0.1, 0.15) is 11.6 Å². The first-order valence-corrected chi connectivity index (χ1v) is 8.00. The predicted octanol–water partition coefficient (Wildman–Crippen LogP) is 4.95. The molecule has 2 aromatic rings. The summed E-state index contributed by atoms with van der Waals surface area (Å²) < 4.78 is 26.7. The Bertz CT molecular complexity index is 755. The highest BCUT2D eigenvalue weighted by Crippen LogP contribution is 2.25. The molecule has 2 atom stereocenters. The van der Waals surface area contributed by atoms with Gasteiger partial charge in [0.25, 0.3) is 0 Å². The van der Waals surface area contributed by atoms with Crippen molar-refractivity contribution in [3.8, 4) is 0 Å².